The Bertz CT molecular complexity index is 468. The first-order valence-electron chi connectivity index (χ1n) is 4.71. The first-order chi connectivity index (χ1) is 7.65. The number of halogens is 1. The minimum Gasteiger partial charge on any atom is -0.295 e. The molecule has 0 N–H and O–H groups in total. The topological polar surface area (TPSA) is 41.9 Å². The summed E-state index contributed by atoms with van der Waals surface area (Å²) >= 11 is 8.83. The normalized spacial score (nSPS) is 11.2. The Morgan fingerprint density at radius 3 is 2.81 bits per heavy atom. The van der Waals surface area contributed by atoms with E-state index in [-0.39, 0.29) is 0 Å². The third-order valence-corrected chi connectivity index (χ3v) is 3.83. The monoisotopic (exact) mass is 274 g/mol. The van der Waals surface area contributed by atoms with E-state index in [9.17, 15) is 0 Å². The van der Waals surface area contributed by atoms with Gasteiger partial charge in [-0.2, -0.15) is 0 Å². The summed E-state index contributed by atoms with van der Waals surface area (Å²) in [7, 11) is 2.02. The van der Waals surface area contributed by atoms with Gasteiger partial charge < -0.3 is 0 Å². The van der Waals surface area contributed by atoms with Gasteiger partial charge in [-0.1, -0.05) is 16.1 Å². The van der Waals surface area contributed by atoms with Gasteiger partial charge in [0.1, 0.15) is 10.0 Å². The lowest BCUT2D eigenvalue weighted by Crippen LogP contribution is -2.17. The van der Waals surface area contributed by atoms with E-state index in [1.54, 1.807) is 11.3 Å². The molecule has 16 heavy (non-hydrogen) atoms. The Hall–Kier alpha value is -0.560. The van der Waals surface area contributed by atoms with Crippen LogP contribution < -0.4 is 0 Å². The maximum absolute atomic E-state index is 5.94. The fourth-order valence-electron chi connectivity index (χ4n) is 1.36. The van der Waals surface area contributed by atoms with Crippen LogP contribution >= 0.6 is 34.5 Å². The zero-order chi connectivity index (χ0) is 11.5. The van der Waals surface area contributed by atoms with Gasteiger partial charge in [-0.05, 0) is 14.0 Å². The van der Waals surface area contributed by atoms with E-state index in [0.29, 0.717) is 10.9 Å². The van der Waals surface area contributed by atoms with Gasteiger partial charge in [0.2, 0.25) is 0 Å². The number of hydrogen-bond donors (Lipinski definition) is 0. The highest BCUT2D eigenvalue weighted by Crippen LogP contribution is 2.19. The van der Waals surface area contributed by atoms with Crippen LogP contribution in [0.4, 0.5) is 0 Å². The molecule has 0 unspecified atom stereocenters. The number of thiazole rings is 1. The minimum absolute atomic E-state index is 0.668. The number of aromatic nitrogens is 3. The highest BCUT2D eigenvalue weighted by Gasteiger charge is 2.10. The smallest absolute Gasteiger partial charge is 0.138 e. The fraction of sp³-hybridized carbons (Fsp3) is 0.444. The van der Waals surface area contributed by atoms with Crippen LogP contribution in [0.1, 0.15) is 16.4 Å². The van der Waals surface area contributed by atoms with Crippen molar-refractivity contribution in [1.29, 1.82) is 0 Å². The quantitative estimate of drug-likeness (QED) is 0.859. The van der Waals surface area contributed by atoms with E-state index in [2.05, 4.69) is 24.9 Å². The highest BCUT2D eigenvalue weighted by molar-refractivity contribution is 7.10. The SMILES string of the molecule is Cc1nc(CN(C)Cc2nnsc2Cl)cs1. The van der Waals surface area contributed by atoms with Gasteiger partial charge in [0.25, 0.3) is 0 Å². The van der Waals surface area contributed by atoms with Crippen molar-refractivity contribution < 1.29 is 0 Å². The maximum atomic E-state index is 5.94. The number of nitrogens with zero attached hydrogens (tertiary/aromatic N) is 4. The van der Waals surface area contributed by atoms with Gasteiger partial charge in [0, 0.05) is 30.0 Å². The minimum atomic E-state index is 0.668. The molecule has 0 fully saturated rings. The Kier molecular flexibility index (Phi) is 3.86. The van der Waals surface area contributed by atoms with Crippen molar-refractivity contribution in [3.8, 4) is 0 Å². The molecule has 2 heterocycles. The average Bonchev–Trinajstić information content (AvgIpc) is 2.77. The van der Waals surface area contributed by atoms with E-state index >= 15 is 0 Å². The molecule has 0 aliphatic carbocycles. The molecule has 0 aliphatic rings. The molecule has 0 radical (unpaired) electrons. The summed E-state index contributed by atoms with van der Waals surface area (Å²) in [5.74, 6) is 0. The Balaban J connectivity index is 1.94. The lowest BCUT2D eigenvalue weighted by Gasteiger charge is -2.13. The number of rotatable bonds is 4. The van der Waals surface area contributed by atoms with Crippen LogP contribution in [0.25, 0.3) is 0 Å². The van der Waals surface area contributed by atoms with Gasteiger partial charge in [-0.25, -0.2) is 4.98 Å². The Labute approximate surface area is 107 Å². The summed E-state index contributed by atoms with van der Waals surface area (Å²) in [5, 5.41) is 7.15. The summed E-state index contributed by atoms with van der Waals surface area (Å²) in [5.41, 5.74) is 1.92. The van der Waals surface area contributed by atoms with E-state index in [0.717, 1.165) is 22.9 Å². The average molecular weight is 275 g/mol. The molecule has 2 aromatic rings. The highest BCUT2D eigenvalue weighted by atomic mass is 35.5. The van der Waals surface area contributed by atoms with E-state index in [1.165, 1.54) is 11.5 Å². The molecule has 0 aliphatic heterocycles. The van der Waals surface area contributed by atoms with Crippen LogP contribution in [-0.4, -0.2) is 26.5 Å². The van der Waals surface area contributed by atoms with Crippen molar-refractivity contribution in [3.63, 3.8) is 0 Å². The number of hydrogen-bond acceptors (Lipinski definition) is 6. The number of aryl methyl sites for hydroxylation is 1. The van der Waals surface area contributed by atoms with Crippen LogP contribution in [0.5, 0.6) is 0 Å². The predicted octanol–water partition coefficient (Wildman–Crippen LogP) is 2.59. The molecule has 7 heteroatoms. The molecule has 0 bridgehead atoms. The Morgan fingerprint density at radius 2 is 2.25 bits per heavy atom. The first-order valence-corrected chi connectivity index (χ1v) is 6.74. The molecule has 0 atom stereocenters. The summed E-state index contributed by atoms with van der Waals surface area (Å²) in [4.78, 5) is 6.53. The zero-order valence-electron chi connectivity index (χ0n) is 8.97. The summed E-state index contributed by atoms with van der Waals surface area (Å²) in [6.45, 7) is 3.51. The summed E-state index contributed by atoms with van der Waals surface area (Å²) in [6.07, 6.45) is 0. The van der Waals surface area contributed by atoms with Gasteiger partial charge in [0.05, 0.1) is 10.7 Å². The third-order valence-electron chi connectivity index (χ3n) is 2.03. The van der Waals surface area contributed by atoms with Crippen LogP contribution in [0, 0.1) is 6.92 Å². The molecule has 2 rings (SSSR count). The van der Waals surface area contributed by atoms with Gasteiger partial charge in [-0.3, -0.25) is 4.90 Å². The van der Waals surface area contributed by atoms with Crippen LogP contribution in [0.3, 0.4) is 0 Å². The van der Waals surface area contributed by atoms with Gasteiger partial charge in [0.15, 0.2) is 0 Å². The van der Waals surface area contributed by atoms with Crippen molar-refractivity contribution in [1.82, 2.24) is 19.5 Å². The maximum Gasteiger partial charge on any atom is 0.138 e. The van der Waals surface area contributed by atoms with Crippen LogP contribution in [0.2, 0.25) is 4.34 Å². The predicted molar refractivity (Wildman–Crippen MR) is 66.9 cm³/mol. The van der Waals surface area contributed by atoms with Crippen molar-refractivity contribution in [2.45, 2.75) is 20.0 Å². The second-order valence-corrected chi connectivity index (χ2v) is 5.94. The zero-order valence-corrected chi connectivity index (χ0v) is 11.4. The van der Waals surface area contributed by atoms with Crippen molar-refractivity contribution in [2.75, 3.05) is 7.05 Å². The molecule has 0 saturated carbocycles. The van der Waals surface area contributed by atoms with E-state index in [1.807, 2.05) is 14.0 Å². The molecule has 0 amide bonds. The van der Waals surface area contributed by atoms with Crippen LogP contribution in [-0.2, 0) is 13.1 Å². The van der Waals surface area contributed by atoms with Crippen molar-refractivity contribution in [2.24, 2.45) is 0 Å². The van der Waals surface area contributed by atoms with E-state index < -0.39 is 0 Å². The Morgan fingerprint density at radius 1 is 1.44 bits per heavy atom. The summed E-state index contributed by atoms with van der Waals surface area (Å²) in [6, 6.07) is 0. The standard InChI is InChI=1S/C9H11ClN4S2/c1-6-11-7(5-15-6)3-14(2)4-8-9(10)16-13-12-8/h5H,3-4H2,1-2H3. The van der Waals surface area contributed by atoms with Gasteiger partial charge >= 0.3 is 0 Å². The lowest BCUT2D eigenvalue weighted by molar-refractivity contribution is 0.311. The molecular formula is C9H11ClN4S2. The molecule has 86 valence electrons. The lowest BCUT2D eigenvalue weighted by atomic mass is 10.4. The second-order valence-electron chi connectivity index (χ2n) is 3.52. The largest absolute Gasteiger partial charge is 0.295 e. The fourth-order valence-corrected chi connectivity index (χ4v) is 2.58. The summed E-state index contributed by atoms with van der Waals surface area (Å²) < 4.78 is 4.47. The third kappa shape index (κ3) is 2.98. The molecule has 0 aromatic carbocycles. The van der Waals surface area contributed by atoms with Crippen molar-refractivity contribution >= 4 is 34.5 Å². The first kappa shape index (κ1) is 11.9. The van der Waals surface area contributed by atoms with E-state index in [4.69, 9.17) is 11.6 Å². The molecular weight excluding hydrogens is 264 g/mol. The van der Waals surface area contributed by atoms with Gasteiger partial charge in [-0.15, -0.1) is 16.4 Å². The molecule has 0 spiro atoms. The van der Waals surface area contributed by atoms with Crippen LogP contribution in [0.15, 0.2) is 5.38 Å². The molecule has 4 nitrogen and oxygen atoms in total. The molecule has 0 saturated heterocycles. The second kappa shape index (κ2) is 5.18. The van der Waals surface area contributed by atoms with Crippen molar-refractivity contribution in [3.05, 3.63) is 26.1 Å². The molecule has 2 aromatic heterocycles.